The number of rotatable bonds is 4. The van der Waals surface area contributed by atoms with Crippen LogP contribution in [0.1, 0.15) is 54.9 Å². The van der Waals surface area contributed by atoms with E-state index in [1.165, 1.54) is 6.42 Å². The van der Waals surface area contributed by atoms with E-state index in [0.717, 1.165) is 31.2 Å². The van der Waals surface area contributed by atoms with Crippen LogP contribution >= 0.6 is 0 Å². The molecule has 0 unspecified atom stereocenters. The predicted molar refractivity (Wildman–Crippen MR) is 95.6 cm³/mol. The third kappa shape index (κ3) is 3.17. The molecule has 1 amide bonds. The quantitative estimate of drug-likeness (QED) is 0.836. The first-order chi connectivity index (χ1) is 11.5. The summed E-state index contributed by atoms with van der Waals surface area (Å²) in [5.41, 5.74) is 4.46. The molecule has 1 saturated carbocycles. The Morgan fingerprint density at radius 2 is 2.21 bits per heavy atom. The van der Waals surface area contributed by atoms with Crippen LogP contribution in [0.15, 0.2) is 29.4 Å². The van der Waals surface area contributed by atoms with E-state index in [-0.39, 0.29) is 17.0 Å². The molecule has 1 aliphatic carbocycles. The van der Waals surface area contributed by atoms with E-state index in [2.05, 4.69) is 29.9 Å². The molecule has 2 heterocycles. The largest absolute Gasteiger partial charge is 0.380 e. The molecule has 2 aliphatic rings. The van der Waals surface area contributed by atoms with Crippen LogP contribution in [0.4, 0.5) is 5.69 Å². The number of nitrogens with zero attached hydrogens (tertiary/aromatic N) is 1. The van der Waals surface area contributed by atoms with Crippen molar-refractivity contribution in [3.63, 3.8) is 0 Å². The smallest absolute Gasteiger partial charge is 0.274 e. The molecular formula is C19H25N3O2. The number of aromatic nitrogens is 1. The van der Waals surface area contributed by atoms with Crippen molar-refractivity contribution in [2.75, 3.05) is 11.9 Å². The lowest BCUT2D eigenvalue weighted by Crippen LogP contribution is -2.47. The van der Waals surface area contributed by atoms with Crippen molar-refractivity contribution in [3.8, 4) is 0 Å². The molecule has 1 fully saturated rings. The van der Waals surface area contributed by atoms with Gasteiger partial charge in [-0.15, -0.1) is 5.73 Å². The molecule has 0 radical (unpaired) electrons. The normalized spacial score (nSPS) is 18.2. The first-order valence-electron chi connectivity index (χ1n) is 8.71. The number of carbonyl (C=O) groups excluding carboxylic acids is 1. The summed E-state index contributed by atoms with van der Waals surface area (Å²) in [5, 5.41) is 6.35. The molecule has 5 nitrogen and oxygen atoms in total. The molecule has 0 atom stereocenters. The zero-order chi connectivity index (χ0) is 17.2. The SMILES string of the molecule is C=C=CCn1cc(C(=O)NC2(C)CCCCC2)c2c(c1=O)NCC2. The molecule has 1 aliphatic heterocycles. The van der Waals surface area contributed by atoms with Crippen molar-refractivity contribution >= 4 is 11.6 Å². The second kappa shape index (κ2) is 6.70. The number of hydrogen-bond donors (Lipinski definition) is 2. The van der Waals surface area contributed by atoms with Gasteiger partial charge in [-0.2, -0.15) is 0 Å². The van der Waals surface area contributed by atoms with E-state index >= 15 is 0 Å². The maximum Gasteiger partial charge on any atom is 0.274 e. The van der Waals surface area contributed by atoms with E-state index < -0.39 is 0 Å². The van der Waals surface area contributed by atoms with Gasteiger partial charge in [0.2, 0.25) is 0 Å². The lowest BCUT2D eigenvalue weighted by atomic mass is 9.83. The molecule has 128 valence electrons. The molecule has 5 heteroatoms. The van der Waals surface area contributed by atoms with Crippen LogP contribution in [-0.4, -0.2) is 22.6 Å². The molecule has 0 spiro atoms. The number of allylic oxidation sites excluding steroid dienone is 1. The third-order valence-electron chi connectivity index (χ3n) is 5.11. The van der Waals surface area contributed by atoms with E-state index in [1.54, 1.807) is 16.8 Å². The van der Waals surface area contributed by atoms with Crippen LogP contribution < -0.4 is 16.2 Å². The number of nitrogens with one attached hydrogen (secondary N) is 2. The number of anilines is 1. The zero-order valence-electron chi connectivity index (χ0n) is 14.3. The minimum absolute atomic E-state index is 0.0734. The highest BCUT2D eigenvalue weighted by molar-refractivity contribution is 5.97. The summed E-state index contributed by atoms with van der Waals surface area (Å²) in [4.78, 5) is 25.4. The van der Waals surface area contributed by atoms with Gasteiger partial charge in [-0.1, -0.05) is 25.8 Å². The van der Waals surface area contributed by atoms with E-state index in [1.807, 2.05) is 0 Å². The number of pyridine rings is 1. The summed E-state index contributed by atoms with van der Waals surface area (Å²) in [7, 11) is 0. The van der Waals surface area contributed by atoms with Crippen LogP contribution in [-0.2, 0) is 13.0 Å². The summed E-state index contributed by atoms with van der Waals surface area (Å²) < 4.78 is 1.55. The summed E-state index contributed by atoms with van der Waals surface area (Å²) >= 11 is 0. The average Bonchev–Trinajstić information content (AvgIpc) is 3.04. The summed E-state index contributed by atoms with van der Waals surface area (Å²) in [6, 6.07) is 0. The van der Waals surface area contributed by atoms with Crippen LogP contribution in [0.25, 0.3) is 0 Å². The molecule has 24 heavy (non-hydrogen) atoms. The predicted octanol–water partition coefficient (Wildman–Crippen LogP) is 2.61. The van der Waals surface area contributed by atoms with Crippen molar-refractivity contribution in [2.24, 2.45) is 0 Å². The maximum absolute atomic E-state index is 12.9. The Morgan fingerprint density at radius 1 is 1.46 bits per heavy atom. The van der Waals surface area contributed by atoms with Gasteiger partial charge >= 0.3 is 0 Å². The van der Waals surface area contributed by atoms with Gasteiger partial charge in [0.1, 0.15) is 5.69 Å². The van der Waals surface area contributed by atoms with Crippen LogP contribution in [0.5, 0.6) is 0 Å². The fraction of sp³-hybridized carbons (Fsp3) is 0.526. The Kier molecular flexibility index (Phi) is 4.63. The minimum atomic E-state index is -0.143. The number of hydrogen-bond acceptors (Lipinski definition) is 3. The Hall–Kier alpha value is -2.26. The first-order valence-corrected chi connectivity index (χ1v) is 8.71. The van der Waals surface area contributed by atoms with E-state index in [4.69, 9.17) is 0 Å². The summed E-state index contributed by atoms with van der Waals surface area (Å²) in [6.07, 6.45) is 9.65. The third-order valence-corrected chi connectivity index (χ3v) is 5.11. The lowest BCUT2D eigenvalue weighted by molar-refractivity contribution is 0.0881. The average molecular weight is 327 g/mol. The topological polar surface area (TPSA) is 63.1 Å². The van der Waals surface area contributed by atoms with Gasteiger partial charge in [0.15, 0.2) is 0 Å². The monoisotopic (exact) mass is 327 g/mol. The van der Waals surface area contributed by atoms with Crippen molar-refractivity contribution in [3.05, 3.63) is 46.1 Å². The maximum atomic E-state index is 12.9. The van der Waals surface area contributed by atoms with E-state index in [9.17, 15) is 9.59 Å². The Labute approximate surface area is 142 Å². The zero-order valence-corrected chi connectivity index (χ0v) is 14.3. The first kappa shape index (κ1) is 16.6. The highest BCUT2D eigenvalue weighted by atomic mass is 16.2. The molecule has 2 N–H and O–H groups in total. The van der Waals surface area contributed by atoms with Crippen LogP contribution in [0.3, 0.4) is 0 Å². The lowest BCUT2D eigenvalue weighted by Gasteiger charge is -2.34. The van der Waals surface area contributed by atoms with E-state index in [0.29, 0.717) is 30.8 Å². The summed E-state index contributed by atoms with van der Waals surface area (Å²) in [6.45, 7) is 6.72. The van der Waals surface area contributed by atoms with Crippen LogP contribution in [0, 0.1) is 0 Å². The van der Waals surface area contributed by atoms with Gasteiger partial charge in [0.25, 0.3) is 11.5 Å². The van der Waals surface area contributed by atoms with Gasteiger partial charge < -0.3 is 15.2 Å². The fourth-order valence-electron chi connectivity index (χ4n) is 3.75. The van der Waals surface area contributed by atoms with Gasteiger partial charge in [-0.05, 0) is 37.8 Å². The van der Waals surface area contributed by atoms with Gasteiger partial charge in [0, 0.05) is 18.3 Å². The standard InChI is InChI=1S/C19H25N3O2/c1-3-4-12-22-13-15(14-8-11-20-16(14)18(22)24)17(23)21-19(2)9-6-5-7-10-19/h4,13,20H,1,5-12H2,2H3,(H,21,23). The van der Waals surface area contributed by atoms with Crippen molar-refractivity contribution in [1.82, 2.24) is 9.88 Å². The number of fused-ring (bicyclic) bond motifs is 1. The molecule has 0 bridgehead atoms. The van der Waals surface area contributed by atoms with Crippen molar-refractivity contribution < 1.29 is 4.79 Å². The second-order valence-electron chi connectivity index (χ2n) is 7.01. The number of carbonyl (C=O) groups is 1. The molecule has 0 aromatic carbocycles. The minimum Gasteiger partial charge on any atom is -0.380 e. The second-order valence-corrected chi connectivity index (χ2v) is 7.01. The fourth-order valence-corrected chi connectivity index (χ4v) is 3.75. The van der Waals surface area contributed by atoms with Gasteiger partial charge in [-0.25, -0.2) is 0 Å². The molecule has 1 aromatic rings. The molecule has 1 aromatic heterocycles. The Bertz CT molecular complexity index is 751. The van der Waals surface area contributed by atoms with Gasteiger partial charge in [-0.3, -0.25) is 9.59 Å². The molecule has 0 saturated heterocycles. The molecular weight excluding hydrogens is 302 g/mol. The highest BCUT2D eigenvalue weighted by Gasteiger charge is 2.31. The molecule has 3 rings (SSSR count). The van der Waals surface area contributed by atoms with Gasteiger partial charge in [0.05, 0.1) is 12.1 Å². The van der Waals surface area contributed by atoms with Crippen LogP contribution in [0.2, 0.25) is 0 Å². The van der Waals surface area contributed by atoms with Crippen molar-refractivity contribution in [1.29, 1.82) is 0 Å². The Balaban J connectivity index is 1.94. The number of amides is 1. The highest BCUT2D eigenvalue weighted by Crippen LogP contribution is 2.29. The summed E-state index contributed by atoms with van der Waals surface area (Å²) in [5.74, 6) is -0.0734. The van der Waals surface area contributed by atoms with Crippen molar-refractivity contribution in [2.45, 2.75) is 57.5 Å². The Morgan fingerprint density at radius 3 is 2.92 bits per heavy atom.